The SMILES string of the molecule is CCn1c(C(C)(C)NSc2ccc(C#N)nc2)nc2ncccc21. The van der Waals surface area contributed by atoms with E-state index in [0.717, 1.165) is 28.4 Å². The normalized spacial score (nSPS) is 11.6. The van der Waals surface area contributed by atoms with Crippen LogP contribution in [0.15, 0.2) is 41.6 Å². The smallest absolute Gasteiger partial charge is 0.177 e. The number of nitriles is 1. The van der Waals surface area contributed by atoms with Crippen molar-refractivity contribution >= 4 is 23.1 Å². The minimum Gasteiger partial charge on any atom is -0.325 e. The van der Waals surface area contributed by atoms with Crippen LogP contribution in [0.2, 0.25) is 0 Å². The van der Waals surface area contributed by atoms with Crippen molar-refractivity contribution in [2.45, 2.75) is 37.8 Å². The summed E-state index contributed by atoms with van der Waals surface area (Å²) in [4.78, 5) is 14.1. The topological polar surface area (TPSA) is 79.4 Å². The van der Waals surface area contributed by atoms with Crippen molar-refractivity contribution in [2.75, 3.05) is 0 Å². The van der Waals surface area contributed by atoms with Crippen molar-refractivity contribution in [3.05, 3.63) is 48.2 Å². The van der Waals surface area contributed by atoms with E-state index >= 15 is 0 Å². The lowest BCUT2D eigenvalue weighted by molar-refractivity contribution is 0.451. The molecule has 3 aromatic heterocycles. The van der Waals surface area contributed by atoms with Crippen molar-refractivity contribution in [3.63, 3.8) is 0 Å². The highest BCUT2D eigenvalue weighted by Gasteiger charge is 2.27. The van der Waals surface area contributed by atoms with Crippen molar-refractivity contribution < 1.29 is 0 Å². The van der Waals surface area contributed by atoms with Crippen LogP contribution >= 0.6 is 11.9 Å². The summed E-state index contributed by atoms with van der Waals surface area (Å²) in [5, 5.41) is 8.81. The highest BCUT2D eigenvalue weighted by Crippen LogP contribution is 2.27. The number of fused-ring (bicyclic) bond motifs is 1. The number of rotatable bonds is 5. The summed E-state index contributed by atoms with van der Waals surface area (Å²) in [6, 6.07) is 9.58. The van der Waals surface area contributed by atoms with Gasteiger partial charge in [0.05, 0.1) is 11.1 Å². The average molecular weight is 338 g/mol. The highest BCUT2D eigenvalue weighted by atomic mass is 32.2. The molecule has 0 saturated carbocycles. The van der Waals surface area contributed by atoms with Crippen LogP contribution in [0.5, 0.6) is 0 Å². The summed E-state index contributed by atoms with van der Waals surface area (Å²) in [7, 11) is 0. The summed E-state index contributed by atoms with van der Waals surface area (Å²) in [5.74, 6) is 0.938. The van der Waals surface area contributed by atoms with E-state index in [9.17, 15) is 0 Å². The molecule has 3 aromatic rings. The molecule has 7 heteroatoms. The van der Waals surface area contributed by atoms with E-state index < -0.39 is 0 Å². The molecule has 0 unspecified atom stereocenters. The summed E-state index contributed by atoms with van der Waals surface area (Å²) >= 11 is 1.47. The highest BCUT2D eigenvalue weighted by molar-refractivity contribution is 7.97. The van der Waals surface area contributed by atoms with Gasteiger partial charge in [-0.05, 0) is 57.0 Å². The van der Waals surface area contributed by atoms with Crippen LogP contribution in [0.25, 0.3) is 11.2 Å². The lowest BCUT2D eigenvalue weighted by Gasteiger charge is -2.25. The fourth-order valence-electron chi connectivity index (χ4n) is 2.50. The van der Waals surface area contributed by atoms with E-state index in [0.29, 0.717) is 5.69 Å². The molecule has 0 amide bonds. The average Bonchev–Trinajstić information content (AvgIpc) is 3.00. The molecular formula is C17H18N6S. The van der Waals surface area contributed by atoms with Gasteiger partial charge in [-0.25, -0.2) is 19.7 Å². The van der Waals surface area contributed by atoms with Gasteiger partial charge in [0.25, 0.3) is 0 Å². The zero-order valence-corrected chi connectivity index (χ0v) is 14.6. The van der Waals surface area contributed by atoms with Crippen molar-refractivity contribution in [1.82, 2.24) is 24.2 Å². The molecule has 3 heterocycles. The maximum Gasteiger partial charge on any atom is 0.177 e. The Bertz CT molecular complexity index is 892. The third kappa shape index (κ3) is 3.11. The molecular weight excluding hydrogens is 320 g/mol. The Balaban J connectivity index is 1.85. The minimum atomic E-state index is -0.366. The van der Waals surface area contributed by atoms with Crippen LogP contribution in [0, 0.1) is 11.3 Å². The summed E-state index contributed by atoms with van der Waals surface area (Å²) in [6.45, 7) is 7.10. The van der Waals surface area contributed by atoms with Gasteiger partial charge < -0.3 is 4.57 Å². The second-order valence-electron chi connectivity index (χ2n) is 5.85. The molecule has 0 spiro atoms. The minimum absolute atomic E-state index is 0.366. The van der Waals surface area contributed by atoms with Gasteiger partial charge in [0, 0.05) is 23.8 Å². The predicted molar refractivity (Wildman–Crippen MR) is 94.2 cm³/mol. The van der Waals surface area contributed by atoms with Gasteiger partial charge in [0.1, 0.15) is 17.6 Å². The standard InChI is InChI=1S/C17H18N6S/c1-4-23-14-6-5-9-19-15(14)21-16(23)17(2,3)22-24-13-8-7-12(10-18)20-11-13/h5-9,11,22H,4H2,1-3H3. The maximum absolute atomic E-state index is 8.81. The number of nitrogens with zero attached hydrogens (tertiary/aromatic N) is 5. The molecule has 0 aliphatic carbocycles. The lowest BCUT2D eigenvalue weighted by Crippen LogP contribution is -2.34. The van der Waals surface area contributed by atoms with Crippen molar-refractivity contribution in [3.8, 4) is 6.07 Å². The first-order chi connectivity index (χ1) is 11.5. The molecule has 6 nitrogen and oxygen atoms in total. The molecule has 0 bridgehead atoms. The van der Waals surface area contributed by atoms with Crippen molar-refractivity contribution in [2.24, 2.45) is 0 Å². The van der Waals surface area contributed by atoms with E-state index in [2.05, 4.69) is 40.0 Å². The molecule has 0 saturated heterocycles. The molecule has 0 atom stereocenters. The fourth-order valence-corrected chi connectivity index (χ4v) is 3.20. The Morgan fingerprint density at radius 3 is 2.79 bits per heavy atom. The molecule has 0 aromatic carbocycles. The van der Waals surface area contributed by atoms with Crippen LogP contribution in [0.3, 0.4) is 0 Å². The molecule has 3 rings (SSSR count). The zero-order chi connectivity index (χ0) is 17.2. The van der Waals surface area contributed by atoms with Gasteiger partial charge in [0.2, 0.25) is 0 Å². The molecule has 0 fully saturated rings. The van der Waals surface area contributed by atoms with Gasteiger partial charge in [-0.2, -0.15) is 5.26 Å². The lowest BCUT2D eigenvalue weighted by atomic mass is 10.1. The number of aromatic nitrogens is 4. The van der Waals surface area contributed by atoms with Crippen molar-refractivity contribution in [1.29, 1.82) is 5.26 Å². The molecule has 0 aliphatic heterocycles. The molecule has 1 N–H and O–H groups in total. The first-order valence-electron chi connectivity index (χ1n) is 7.67. The van der Waals surface area contributed by atoms with E-state index in [1.165, 1.54) is 11.9 Å². The summed E-state index contributed by atoms with van der Waals surface area (Å²) < 4.78 is 5.62. The van der Waals surface area contributed by atoms with Gasteiger partial charge in [-0.1, -0.05) is 0 Å². The number of nitrogens with one attached hydrogen (secondary N) is 1. The Morgan fingerprint density at radius 1 is 1.29 bits per heavy atom. The zero-order valence-electron chi connectivity index (χ0n) is 13.8. The quantitative estimate of drug-likeness (QED) is 0.719. The van der Waals surface area contributed by atoms with Gasteiger partial charge in [-0.3, -0.25) is 0 Å². The van der Waals surface area contributed by atoms with E-state index in [-0.39, 0.29) is 5.54 Å². The van der Waals surface area contributed by atoms with Gasteiger partial charge in [0.15, 0.2) is 5.65 Å². The van der Waals surface area contributed by atoms with Crippen LogP contribution in [-0.2, 0) is 12.1 Å². The predicted octanol–water partition coefficient (Wildman–Crippen LogP) is 3.25. The largest absolute Gasteiger partial charge is 0.325 e. The number of hydrogen-bond acceptors (Lipinski definition) is 6. The Labute approximate surface area is 145 Å². The van der Waals surface area contributed by atoms with Crippen LogP contribution in [0.1, 0.15) is 32.3 Å². The second kappa shape index (κ2) is 6.59. The Hall–Kier alpha value is -2.43. The third-order valence-corrected chi connectivity index (χ3v) is 4.76. The number of imidazole rings is 1. The summed E-state index contributed by atoms with van der Waals surface area (Å²) in [6.07, 6.45) is 3.45. The van der Waals surface area contributed by atoms with Crippen LogP contribution in [0.4, 0.5) is 0 Å². The van der Waals surface area contributed by atoms with Crippen LogP contribution in [-0.4, -0.2) is 19.5 Å². The molecule has 0 aliphatic rings. The fraction of sp³-hybridized carbons (Fsp3) is 0.294. The number of hydrogen-bond donors (Lipinski definition) is 1. The molecule has 0 radical (unpaired) electrons. The van der Waals surface area contributed by atoms with E-state index in [1.807, 2.05) is 24.3 Å². The number of pyridine rings is 2. The molecule has 122 valence electrons. The Morgan fingerprint density at radius 2 is 2.12 bits per heavy atom. The second-order valence-corrected chi connectivity index (χ2v) is 6.73. The van der Waals surface area contributed by atoms with E-state index in [4.69, 9.17) is 10.2 Å². The van der Waals surface area contributed by atoms with Gasteiger partial charge >= 0.3 is 0 Å². The van der Waals surface area contributed by atoms with E-state index in [1.54, 1.807) is 18.5 Å². The summed E-state index contributed by atoms with van der Waals surface area (Å²) in [5.41, 5.74) is 1.84. The van der Waals surface area contributed by atoms with Gasteiger partial charge in [-0.15, -0.1) is 0 Å². The first kappa shape index (κ1) is 16.4. The maximum atomic E-state index is 8.81. The monoisotopic (exact) mass is 338 g/mol. The first-order valence-corrected chi connectivity index (χ1v) is 8.48. The molecule has 24 heavy (non-hydrogen) atoms. The number of aryl methyl sites for hydroxylation is 1. The Kier molecular flexibility index (Phi) is 4.51. The third-order valence-electron chi connectivity index (χ3n) is 3.67. The van der Waals surface area contributed by atoms with Crippen LogP contribution < -0.4 is 4.72 Å².